The predicted molar refractivity (Wildman–Crippen MR) is 153 cm³/mol. The van der Waals surface area contributed by atoms with Crippen LogP contribution in [0.25, 0.3) is 0 Å². The number of hydrogen-bond donors (Lipinski definition) is 6. The molecule has 43 heavy (non-hydrogen) atoms. The number of nitrogens with two attached hydrogens (primary N) is 1. The molecule has 2 saturated carbocycles. The quantitative estimate of drug-likeness (QED) is 0.115. The highest BCUT2D eigenvalue weighted by Gasteiger charge is 2.76. The topological polar surface area (TPSA) is 217 Å². The predicted octanol–water partition coefficient (Wildman–Crippen LogP) is 0.140. The number of rotatable bonds is 5. The highest BCUT2D eigenvalue weighted by Crippen LogP contribution is 2.66. The number of nitrogens with one attached hydrogen (secondary N) is 1. The van der Waals surface area contributed by atoms with Crippen molar-refractivity contribution in [3.8, 4) is 5.75 Å². The molecule has 1 aromatic rings. The van der Waals surface area contributed by atoms with Gasteiger partial charge in [-0.05, 0) is 48.6 Å². The fourth-order valence-corrected chi connectivity index (χ4v) is 8.45. The minimum Gasteiger partial charge on any atom is -0.505 e. The molecule has 8 atom stereocenters. The summed E-state index contributed by atoms with van der Waals surface area (Å²) in [4.78, 5) is 66.6. The van der Waals surface area contributed by atoms with Crippen LogP contribution in [-0.2, 0) is 30.3 Å². The molecule has 0 aliphatic heterocycles. The molecular formula is C30H41N3O10. The number of aromatic hydroxyl groups is 1. The number of ketones is 2. The van der Waals surface area contributed by atoms with E-state index in [1.807, 2.05) is 0 Å². The Morgan fingerprint density at radius 3 is 2.30 bits per heavy atom. The first-order valence-corrected chi connectivity index (χ1v) is 14.3. The Kier molecular flexibility index (Phi) is 7.95. The lowest BCUT2D eigenvalue weighted by Crippen LogP contribution is -2.79. The second kappa shape index (κ2) is 10.6. The van der Waals surface area contributed by atoms with Crippen LogP contribution in [0.15, 0.2) is 6.07 Å². The molecule has 0 spiro atoms. The van der Waals surface area contributed by atoms with Gasteiger partial charge in [-0.15, -0.1) is 0 Å². The molecule has 3 aliphatic carbocycles. The van der Waals surface area contributed by atoms with E-state index in [1.54, 1.807) is 46.7 Å². The fraction of sp³-hybridized carbons (Fsp3) is 0.633. The van der Waals surface area contributed by atoms with E-state index in [2.05, 4.69) is 5.32 Å². The molecule has 236 valence electrons. The van der Waals surface area contributed by atoms with Crippen LogP contribution in [-0.4, -0.2) is 88.3 Å². The van der Waals surface area contributed by atoms with Gasteiger partial charge in [-0.2, -0.15) is 0 Å². The normalized spacial score (nSPS) is 35.0. The molecular weight excluding hydrogens is 562 g/mol. The van der Waals surface area contributed by atoms with Crippen molar-refractivity contribution in [3.05, 3.63) is 17.2 Å². The van der Waals surface area contributed by atoms with Crippen molar-refractivity contribution in [1.82, 2.24) is 0 Å². The highest BCUT2D eigenvalue weighted by molar-refractivity contribution is 6.37. The van der Waals surface area contributed by atoms with Gasteiger partial charge in [-0.1, -0.05) is 27.7 Å². The van der Waals surface area contributed by atoms with Crippen molar-refractivity contribution < 1.29 is 49.1 Å². The maximum Gasteiger partial charge on any atom is 0.397 e. The molecule has 2 fully saturated rings. The van der Waals surface area contributed by atoms with E-state index in [1.165, 1.54) is 13.0 Å². The van der Waals surface area contributed by atoms with Crippen LogP contribution >= 0.6 is 0 Å². The first kappa shape index (κ1) is 32.4. The van der Waals surface area contributed by atoms with E-state index in [0.717, 1.165) is 0 Å². The van der Waals surface area contributed by atoms with Gasteiger partial charge in [0.2, 0.25) is 5.91 Å². The van der Waals surface area contributed by atoms with Gasteiger partial charge in [-0.3, -0.25) is 19.2 Å². The number of benzene rings is 1. The van der Waals surface area contributed by atoms with Crippen LogP contribution in [0, 0.1) is 34.5 Å². The van der Waals surface area contributed by atoms with Gasteiger partial charge in [0.15, 0.2) is 17.2 Å². The molecule has 3 aliphatic rings. The summed E-state index contributed by atoms with van der Waals surface area (Å²) in [5, 5.41) is 49.0. The van der Waals surface area contributed by atoms with Gasteiger partial charge in [0.1, 0.15) is 17.8 Å². The number of aliphatic hydroxyl groups is 3. The second-order valence-corrected chi connectivity index (χ2v) is 13.2. The third kappa shape index (κ3) is 4.42. The average Bonchev–Trinajstić information content (AvgIpc) is 2.87. The Labute approximate surface area is 249 Å². The van der Waals surface area contributed by atoms with Gasteiger partial charge in [0.05, 0.1) is 29.9 Å². The summed E-state index contributed by atoms with van der Waals surface area (Å²) >= 11 is 0. The number of ether oxygens (including phenoxy) is 1. The molecule has 13 heteroatoms. The molecule has 4 rings (SSSR count). The van der Waals surface area contributed by atoms with Gasteiger partial charge in [0, 0.05) is 25.2 Å². The van der Waals surface area contributed by atoms with Crippen molar-refractivity contribution in [1.29, 1.82) is 0 Å². The first-order valence-electron chi connectivity index (χ1n) is 14.3. The zero-order valence-electron chi connectivity index (χ0n) is 25.4. The Morgan fingerprint density at radius 1 is 1.19 bits per heavy atom. The van der Waals surface area contributed by atoms with Crippen LogP contribution in [0.5, 0.6) is 5.75 Å². The molecule has 0 aromatic heterocycles. The van der Waals surface area contributed by atoms with E-state index in [0.29, 0.717) is 11.3 Å². The lowest BCUT2D eigenvalue weighted by Gasteiger charge is -2.66. The summed E-state index contributed by atoms with van der Waals surface area (Å²) in [5.74, 6) is -10.6. The summed E-state index contributed by atoms with van der Waals surface area (Å²) in [5.41, 5.74) is 0.629. The Balaban J connectivity index is 1.93. The lowest BCUT2D eigenvalue weighted by molar-refractivity contribution is -0.265. The molecule has 1 aromatic carbocycles. The number of carbonyl (C=O) groups is 5. The lowest BCUT2D eigenvalue weighted by atomic mass is 9.39. The number of primary amides is 1. The molecule has 2 amide bonds. The van der Waals surface area contributed by atoms with Gasteiger partial charge in [0.25, 0.3) is 0 Å². The number of amides is 2. The Morgan fingerprint density at radius 2 is 1.79 bits per heavy atom. The summed E-state index contributed by atoms with van der Waals surface area (Å²) in [6.07, 6.45) is -3.47. The number of fused-ring (bicyclic) bond motifs is 3. The zero-order valence-corrected chi connectivity index (χ0v) is 25.4. The number of hydrogen-bond acceptors (Lipinski definition) is 11. The maximum absolute atomic E-state index is 14.4. The number of anilines is 2. The molecule has 7 N–H and O–H groups in total. The summed E-state index contributed by atoms with van der Waals surface area (Å²) < 4.78 is 4.71. The minimum absolute atomic E-state index is 0.00445. The van der Waals surface area contributed by atoms with Crippen molar-refractivity contribution in [2.75, 3.05) is 30.9 Å². The SMILES string of the molecule is CCOC(=O)C(=O)Nc1cc(N(C)C)c2c(c1O)C(=O)[C@@H]1C(O)[C@@]3(O)C(=O)[C@H](C(N)=O)C(O)[C@H](C(C)C)[C@@]3(C)C[C@@]1(C)C2. The van der Waals surface area contributed by atoms with Crippen molar-refractivity contribution in [2.24, 2.45) is 40.2 Å². The van der Waals surface area contributed by atoms with Crippen LogP contribution < -0.4 is 16.0 Å². The van der Waals surface area contributed by atoms with Crippen molar-refractivity contribution in [3.63, 3.8) is 0 Å². The molecule has 0 radical (unpaired) electrons. The Hall–Kier alpha value is -3.55. The molecule has 0 saturated heterocycles. The number of aliphatic hydroxyl groups excluding tert-OH is 2. The smallest absolute Gasteiger partial charge is 0.397 e. The monoisotopic (exact) mass is 603 g/mol. The van der Waals surface area contributed by atoms with E-state index in [4.69, 9.17) is 10.5 Å². The standard InChI is InChI=1S/C30H41N3O10/c1-8-43-27(41)26(40)32-14-9-15(33(6)7)13-10-28(4)11-29(5)18(12(2)3)22(36)17(25(31)39)23(37)30(29,42)24(38)19(28)21(35)16(13)20(14)34/h9,12,17-19,22,24,34,36,38,42H,8,10-11H2,1-7H3,(H2,31,39)(H,32,40)/t17-,18+,19-,22?,24?,28-,29-,30+/m1/s1. The third-order valence-corrected chi connectivity index (χ3v) is 9.95. The zero-order chi connectivity index (χ0) is 32.6. The first-order chi connectivity index (χ1) is 19.8. The number of esters is 1. The molecule has 0 bridgehead atoms. The molecule has 2 unspecified atom stereocenters. The van der Waals surface area contributed by atoms with E-state index >= 15 is 0 Å². The van der Waals surface area contributed by atoms with Crippen LogP contribution in [0.1, 0.15) is 57.0 Å². The number of phenolic OH excluding ortho intramolecular Hbond substituents is 1. The summed E-state index contributed by atoms with van der Waals surface area (Å²) in [6, 6.07) is 1.42. The third-order valence-electron chi connectivity index (χ3n) is 9.95. The van der Waals surface area contributed by atoms with Gasteiger partial charge in [-0.25, -0.2) is 4.79 Å². The van der Waals surface area contributed by atoms with Gasteiger partial charge < -0.3 is 41.1 Å². The van der Waals surface area contributed by atoms with Crippen molar-refractivity contribution in [2.45, 2.75) is 65.3 Å². The van der Waals surface area contributed by atoms with Gasteiger partial charge >= 0.3 is 11.9 Å². The number of nitrogens with zero attached hydrogens (tertiary/aromatic N) is 1. The molecule has 13 nitrogen and oxygen atoms in total. The van der Waals surface area contributed by atoms with Crippen molar-refractivity contribution >= 4 is 40.7 Å². The van der Waals surface area contributed by atoms with E-state index < -0.39 is 81.5 Å². The van der Waals surface area contributed by atoms with Crippen LogP contribution in [0.4, 0.5) is 11.4 Å². The largest absolute Gasteiger partial charge is 0.505 e. The number of Topliss-reactive ketones (excluding diaryl/α,β-unsaturated/α-hetero) is 2. The average molecular weight is 604 g/mol. The summed E-state index contributed by atoms with van der Waals surface area (Å²) in [6.45, 7) is 8.32. The molecule has 0 heterocycles. The highest BCUT2D eigenvalue weighted by atomic mass is 16.5. The number of phenols is 1. The Bertz CT molecular complexity index is 1410. The fourth-order valence-electron chi connectivity index (χ4n) is 8.45. The van der Waals surface area contributed by atoms with Crippen LogP contribution in [0.3, 0.4) is 0 Å². The summed E-state index contributed by atoms with van der Waals surface area (Å²) in [7, 11) is 3.38. The number of carbonyl (C=O) groups excluding carboxylic acids is 5. The minimum atomic E-state index is -2.64. The van der Waals surface area contributed by atoms with E-state index in [-0.39, 0.29) is 36.6 Å². The van der Waals surface area contributed by atoms with E-state index in [9.17, 15) is 44.4 Å². The second-order valence-electron chi connectivity index (χ2n) is 13.2. The maximum atomic E-state index is 14.4. The van der Waals surface area contributed by atoms with Crippen LogP contribution in [0.2, 0.25) is 0 Å².